The minimum absolute atomic E-state index is 0. The van der Waals surface area contributed by atoms with E-state index in [9.17, 15) is 0 Å². The molecule has 114 valence electrons. The highest BCUT2D eigenvalue weighted by molar-refractivity contribution is 6.31. The van der Waals surface area contributed by atoms with Crippen molar-refractivity contribution in [3.8, 4) is 0 Å². The Labute approximate surface area is 140 Å². The molecule has 1 aliphatic heterocycles. The molecule has 22 heavy (non-hydrogen) atoms. The molecule has 0 unspecified atom stereocenters. The molecule has 3 aromatic rings. The number of fused-ring (bicyclic) bond motifs is 2. The van der Waals surface area contributed by atoms with E-state index in [2.05, 4.69) is 39.9 Å². The van der Waals surface area contributed by atoms with Crippen molar-refractivity contribution in [2.24, 2.45) is 0 Å². The third-order valence-corrected chi connectivity index (χ3v) is 4.19. The Morgan fingerprint density at radius 1 is 1.00 bits per heavy atom. The number of halogens is 2. The van der Waals surface area contributed by atoms with Gasteiger partial charge in [0.15, 0.2) is 0 Å². The van der Waals surface area contributed by atoms with Gasteiger partial charge < -0.3 is 15.6 Å². The normalized spacial score (nSPS) is 13.5. The van der Waals surface area contributed by atoms with E-state index in [-0.39, 0.29) is 12.4 Å². The van der Waals surface area contributed by atoms with Crippen molar-refractivity contribution in [3.63, 3.8) is 0 Å². The van der Waals surface area contributed by atoms with Gasteiger partial charge in [-0.25, -0.2) is 0 Å². The Balaban J connectivity index is 0.00000144. The monoisotopic (exact) mass is 333 g/mol. The molecule has 0 atom stereocenters. The van der Waals surface area contributed by atoms with Crippen LogP contribution in [0.25, 0.3) is 10.9 Å². The first kappa shape index (κ1) is 15.2. The molecular weight excluding hydrogens is 317 g/mol. The van der Waals surface area contributed by atoms with Crippen molar-refractivity contribution in [1.82, 2.24) is 10.3 Å². The van der Waals surface area contributed by atoms with Gasteiger partial charge in [-0.2, -0.15) is 0 Å². The summed E-state index contributed by atoms with van der Waals surface area (Å²) in [4.78, 5) is 3.36. The van der Waals surface area contributed by atoms with Gasteiger partial charge in [0.1, 0.15) is 5.82 Å². The fourth-order valence-electron chi connectivity index (χ4n) is 2.88. The summed E-state index contributed by atoms with van der Waals surface area (Å²) in [7, 11) is 0. The molecule has 0 saturated heterocycles. The van der Waals surface area contributed by atoms with E-state index in [0.717, 1.165) is 46.9 Å². The predicted molar refractivity (Wildman–Crippen MR) is 95.7 cm³/mol. The van der Waals surface area contributed by atoms with Crippen molar-refractivity contribution in [2.75, 3.05) is 11.9 Å². The quantitative estimate of drug-likeness (QED) is 0.639. The van der Waals surface area contributed by atoms with Crippen LogP contribution in [0.3, 0.4) is 0 Å². The van der Waals surface area contributed by atoms with Crippen LogP contribution in [0.2, 0.25) is 5.02 Å². The standard InChI is InChI=1S/C17H16ClN3.ClH/c18-14-3-1-12-8-17(21-16(12)9-14)20-15-4-2-13-10-19-6-5-11(13)7-15;/h1-4,7-9,19-21H,5-6,10H2;1H. The lowest BCUT2D eigenvalue weighted by Crippen LogP contribution is -2.23. The first-order valence-corrected chi connectivity index (χ1v) is 7.53. The molecule has 0 fully saturated rings. The lowest BCUT2D eigenvalue weighted by molar-refractivity contribution is 0.644. The Bertz CT molecular complexity index is 811. The van der Waals surface area contributed by atoms with E-state index < -0.39 is 0 Å². The maximum atomic E-state index is 6.02. The Morgan fingerprint density at radius 2 is 1.91 bits per heavy atom. The Hall–Kier alpha value is -1.68. The second kappa shape index (κ2) is 6.21. The first-order chi connectivity index (χ1) is 10.3. The van der Waals surface area contributed by atoms with Crippen LogP contribution in [-0.4, -0.2) is 11.5 Å². The lowest BCUT2D eigenvalue weighted by Gasteiger charge is -2.18. The van der Waals surface area contributed by atoms with Gasteiger partial charge in [-0.3, -0.25) is 0 Å². The summed E-state index contributed by atoms with van der Waals surface area (Å²) in [5, 5.41) is 8.74. The van der Waals surface area contributed by atoms with E-state index >= 15 is 0 Å². The average molecular weight is 334 g/mol. The van der Waals surface area contributed by atoms with Crippen LogP contribution in [0.15, 0.2) is 42.5 Å². The molecule has 2 aromatic carbocycles. The lowest BCUT2D eigenvalue weighted by atomic mass is 10.0. The first-order valence-electron chi connectivity index (χ1n) is 7.16. The van der Waals surface area contributed by atoms with Gasteiger partial charge in [-0.1, -0.05) is 23.7 Å². The zero-order valence-electron chi connectivity index (χ0n) is 11.9. The third kappa shape index (κ3) is 2.93. The number of H-pyrrole nitrogens is 1. The summed E-state index contributed by atoms with van der Waals surface area (Å²) in [5.74, 6) is 0.987. The van der Waals surface area contributed by atoms with Gasteiger partial charge in [0.25, 0.3) is 0 Å². The van der Waals surface area contributed by atoms with Crippen LogP contribution in [-0.2, 0) is 13.0 Å². The van der Waals surface area contributed by atoms with Crippen molar-refractivity contribution in [3.05, 3.63) is 58.6 Å². The molecule has 2 heterocycles. The molecule has 4 rings (SSSR count). The van der Waals surface area contributed by atoms with Crippen molar-refractivity contribution in [2.45, 2.75) is 13.0 Å². The Kier molecular flexibility index (Phi) is 4.30. The maximum Gasteiger partial charge on any atom is 0.108 e. The van der Waals surface area contributed by atoms with Crippen LogP contribution in [0.5, 0.6) is 0 Å². The molecule has 0 radical (unpaired) electrons. The third-order valence-electron chi connectivity index (χ3n) is 3.96. The second-order valence-electron chi connectivity index (χ2n) is 5.45. The summed E-state index contributed by atoms with van der Waals surface area (Å²) in [6, 6.07) is 14.6. The number of hydrogen-bond acceptors (Lipinski definition) is 2. The smallest absolute Gasteiger partial charge is 0.108 e. The maximum absolute atomic E-state index is 6.02. The van der Waals surface area contributed by atoms with E-state index in [1.165, 1.54) is 11.1 Å². The van der Waals surface area contributed by atoms with E-state index in [1.807, 2.05) is 18.2 Å². The zero-order chi connectivity index (χ0) is 14.2. The minimum Gasteiger partial charge on any atom is -0.342 e. The van der Waals surface area contributed by atoms with Gasteiger partial charge in [0.05, 0.1) is 0 Å². The largest absolute Gasteiger partial charge is 0.342 e. The van der Waals surface area contributed by atoms with E-state index in [1.54, 1.807) is 0 Å². The van der Waals surface area contributed by atoms with Gasteiger partial charge >= 0.3 is 0 Å². The fraction of sp³-hybridized carbons (Fsp3) is 0.176. The average Bonchev–Trinajstić information content (AvgIpc) is 2.88. The summed E-state index contributed by atoms with van der Waals surface area (Å²) in [6.45, 7) is 2.03. The molecule has 3 N–H and O–H groups in total. The number of benzene rings is 2. The summed E-state index contributed by atoms with van der Waals surface area (Å²) in [6.07, 6.45) is 1.09. The minimum atomic E-state index is 0. The van der Waals surface area contributed by atoms with Gasteiger partial charge in [0, 0.05) is 28.2 Å². The zero-order valence-corrected chi connectivity index (χ0v) is 13.5. The van der Waals surface area contributed by atoms with Crippen LogP contribution in [0, 0.1) is 0 Å². The second-order valence-corrected chi connectivity index (χ2v) is 5.89. The molecule has 0 saturated carbocycles. The molecule has 3 nitrogen and oxygen atoms in total. The van der Waals surface area contributed by atoms with Crippen molar-refractivity contribution < 1.29 is 0 Å². The van der Waals surface area contributed by atoms with Crippen molar-refractivity contribution in [1.29, 1.82) is 0 Å². The SMILES string of the molecule is Cl.Clc1ccc2cc(Nc3ccc4c(c3)CCNC4)[nH]c2c1. The number of aromatic nitrogens is 1. The molecule has 1 aromatic heterocycles. The highest BCUT2D eigenvalue weighted by Crippen LogP contribution is 2.26. The van der Waals surface area contributed by atoms with Gasteiger partial charge in [-0.05, 0) is 54.4 Å². The summed E-state index contributed by atoms with van der Waals surface area (Å²) < 4.78 is 0. The molecule has 0 bridgehead atoms. The summed E-state index contributed by atoms with van der Waals surface area (Å²) >= 11 is 6.02. The highest BCUT2D eigenvalue weighted by atomic mass is 35.5. The van der Waals surface area contributed by atoms with Crippen LogP contribution in [0.4, 0.5) is 11.5 Å². The topological polar surface area (TPSA) is 39.8 Å². The molecule has 0 amide bonds. The predicted octanol–water partition coefficient (Wildman–Crippen LogP) is 4.63. The highest BCUT2D eigenvalue weighted by Gasteiger charge is 2.09. The van der Waals surface area contributed by atoms with E-state index in [4.69, 9.17) is 11.6 Å². The van der Waals surface area contributed by atoms with Crippen LogP contribution >= 0.6 is 24.0 Å². The number of aromatic amines is 1. The molecule has 5 heteroatoms. The summed E-state index contributed by atoms with van der Waals surface area (Å²) in [5.41, 5.74) is 4.99. The van der Waals surface area contributed by atoms with Crippen LogP contribution < -0.4 is 10.6 Å². The van der Waals surface area contributed by atoms with Crippen LogP contribution in [0.1, 0.15) is 11.1 Å². The van der Waals surface area contributed by atoms with Gasteiger partial charge in [0.2, 0.25) is 0 Å². The number of anilines is 2. The van der Waals surface area contributed by atoms with Crippen molar-refractivity contribution >= 4 is 46.4 Å². The fourth-order valence-corrected chi connectivity index (χ4v) is 3.05. The number of rotatable bonds is 2. The molecule has 0 aliphatic carbocycles. The molecular formula is C17H17Cl2N3. The number of nitrogens with one attached hydrogen (secondary N) is 3. The number of hydrogen-bond donors (Lipinski definition) is 3. The molecule has 1 aliphatic rings. The van der Waals surface area contributed by atoms with Gasteiger partial charge in [-0.15, -0.1) is 12.4 Å². The Morgan fingerprint density at radius 3 is 2.82 bits per heavy atom. The van der Waals surface area contributed by atoms with E-state index in [0.29, 0.717) is 0 Å². The molecule has 0 spiro atoms.